The number of carbonyl (C=O) groups excluding carboxylic acids is 1. The first-order valence-corrected chi connectivity index (χ1v) is 8.67. The van der Waals surface area contributed by atoms with Crippen LogP contribution in [-0.2, 0) is 4.79 Å². The smallest absolute Gasteiger partial charge is 0.261 e. The van der Waals surface area contributed by atoms with Gasteiger partial charge in [-0.3, -0.25) is 4.79 Å². The van der Waals surface area contributed by atoms with Gasteiger partial charge in [-0.05, 0) is 35.9 Å². The van der Waals surface area contributed by atoms with Crippen molar-refractivity contribution in [1.82, 2.24) is 5.43 Å². The summed E-state index contributed by atoms with van der Waals surface area (Å²) in [7, 11) is 0. The molecule has 2 aromatic carbocycles. The van der Waals surface area contributed by atoms with Crippen LogP contribution >= 0.6 is 23.2 Å². The highest BCUT2D eigenvalue weighted by Gasteiger charge is 2.19. The summed E-state index contributed by atoms with van der Waals surface area (Å²) in [5, 5.41) is 14.1. The van der Waals surface area contributed by atoms with Crippen molar-refractivity contribution in [1.29, 1.82) is 5.26 Å². The van der Waals surface area contributed by atoms with Crippen LogP contribution in [0.4, 0.5) is 0 Å². The summed E-state index contributed by atoms with van der Waals surface area (Å²) in [6, 6.07) is 19.3. The molecule has 0 fully saturated rings. The van der Waals surface area contributed by atoms with Crippen LogP contribution in [0, 0.1) is 11.3 Å². The Labute approximate surface area is 165 Å². The van der Waals surface area contributed by atoms with Crippen molar-refractivity contribution in [2.24, 2.45) is 5.10 Å². The largest absolute Gasteiger partial charge is 0.455 e. The van der Waals surface area contributed by atoms with Crippen LogP contribution in [0.2, 0.25) is 10.0 Å². The van der Waals surface area contributed by atoms with Crippen LogP contribution < -0.4 is 5.43 Å². The van der Waals surface area contributed by atoms with Crippen molar-refractivity contribution in [2.45, 2.75) is 5.92 Å². The van der Waals surface area contributed by atoms with Gasteiger partial charge in [0.25, 0.3) is 5.91 Å². The SMILES string of the molecule is N#C[C@@H](C(=O)N/N=C\c1ccc(-c2ccc(Cl)cc2Cl)o1)c1ccccc1. The molecule has 1 heterocycles. The van der Waals surface area contributed by atoms with Crippen LogP contribution in [0.15, 0.2) is 70.2 Å². The van der Waals surface area contributed by atoms with E-state index in [1.54, 1.807) is 54.6 Å². The number of amides is 1. The lowest BCUT2D eigenvalue weighted by Gasteiger charge is -2.06. The average Bonchev–Trinajstić information content (AvgIpc) is 3.12. The number of carbonyl (C=O) groups is 1. The Bertz CT molecular complexity index is 1020. The number of benzene rings is 2. The second kappa shape index (κ2) is 8.54. The highest BCUT2D eigenvalue weighted by atomic mass is 35.5. The van der Waals surface area contributed by atoms with Crippen LogP contribution in [0.25, 0.3) is 11.3 Å². The van der Waals surface area contributed by atoms with Gasteiger partial charge in [-0.1, -0.05) is 53.5 Å². The van der Waals surface area contributed by atoms with Crippen molar-refractivity contribution < 1.29 is 9.21 Å². The Morgan fingerprint density at radius 1 is 1.15 bits per heavy atom. The molecular weight excluding hydrogens is 385 g/mol. The predicted molar refractivity (Wildman–Crippen MR) is 105 cm³/mol. The van der Waals surface area contributed by atoms with Gasteiger partial charge < -0.3 is 4.42 Å². The molecule has 0 radical (unpaired) electrons. The summed E-state index contributed by atoms with van der Waals surface area (Å²) >= 11 is 12.1. The lowest BCUT2D eigenvalue weighted by Crippen LogP contribution is -2.24. The lowest BCUT2D eigenvalue weighted by molar-refractivity contribution is -0.121. The molecule has 1 N–H and O–H groups in total. The van der Waals surface area contributed by atoms with Crippen molar-refractivity contribution in [3.05, 3.63) is 82.0 Å². The maximum absolute atomic E-state index is 12.2. The minimum atomic E-state index is -0.941. The molecule has 3 aromatic rings. The van der Waals surface area contributed by atoms with Crippen molar-refractivity contribution in [3.8, 4) is 17.4 Å². The summed E-state index contributed by atoms with van der Waals surface area (Å²) in [4.78, 5) is 12.2. The Kier molecular flexibility index (Phi) is 5.92. The van der Waals surface area contributed by atoms with Crippen molar-refractivity contribution in [2.75, 3.05) is 0 Å². The van der Waals surface area contributed by atoms with E-state index in [-0.39, 0.29) is 0 Å². The van der Waals surface area contributed by atoms with Crippen LogP contribution in [0.5, 0.6) is 0 Å². The molecule has 0 bridgehead atoms. The first kappa shape index (κ1) is 18.7. The zero-order valence-electron chi connectivity index (χ0n) is 13.9. The molecule has 1 atom stereocenters. The maximum Gasteiger partial charge on any atom is 0.261 e. The topological polar surface area (TPSA) is 78.4 Å². The van der Waals surface area contributed by atoms with E-state index in [1.807, 2.05) is 12.1 Å². The summed E-state index contributed by atoms with van der Waals surface area (Å²) in [6.45, 7) is 0. The van der Waals surface area contributed by atoms with Gasteiger partial charge in [0.1, 0.15) is 11.5 Å². The van der Waals surface area contributed by atoms with E-state index in [0.717, 1.165) is 0 Å². The van der Waals surface area contributed by atoms with E-state index < -0.39 is 11.8 Å². The average molecular weight is 398 g/mol. The van der Waals surface area contributed by atoms with Crippen molar-refractivity contribution >= 4 is 35.3 Å². The Morgan fingerprint density at radius 3 is 2.63 bits per heavy atom. The molecule has 3 rings (SSSR count). The van der Waals surface area contributed by atoms with E-state index in [9.17, 15) is 10.1 Å². The molecule has 1 amide bonds. The standard InChI is InChI=1S/C20H13Cl2N3O2/c21-14-6-8-16(18(22)10-14)19-9-7-15(27-19)12-24-25-20(26)17(11-23)13-4-2-1-3-5-13/h1-10,12,17H,(H,25,26)/b24-12-/t17-/m1/s1. The normalized spacial score (nSPS) is 11.9. The molecular formula is C20H13Cl2N3O2. The van der Waals surface area contributed by atoms with E-state index in [4.69, 9.17) is 27.6 Å². The zero-order chi connectivity index (χ0) is 19.2. The van der Waals surface area contributed by atoms with E-state index in [0.29, 0.717) is 32.7 Å². The fourth-order valence-corrected chi connectivity index (χ4v) is 2.91. The summed E-state index contributed by atoms with van der Waals surface area (Å²) < 4.78 is 5.65. The van der Waals surface area contributed by atoms with Crippen LogP contribution in [0.3, 0.4) is 0 Å². The highest BCUT2D eigenvalue weighted by Crippen LogP contribution is 2.31. The number of hydrogen-bond donors (Lipinski definition) is 1. The molecule has 1 aromatic heterocycles. The molecule has 0 spiro atoms. The quantitative estimate of drug-likeness (QED) is 0.485. The number of nitrogens with zero attached hydrogens (tertiary/aromatic N) is 2. The van der Waals surface area contributed by atoms with Gasteiger partial charge in [0, 0.05) is 10.6 Å². The van der Waals surface area contributed by atoms with E-state index in [1.165, 1.54) is 6.21 Å². The zero-order valence-corrected chi connectivity index (χ0v) is 15.4. The molecule has 0 unspecified atom stereocenters. The number of rotatable bonds is 5. The maximum atomic E-state index is 12.2. The van der Waals surface area contributed by atoms with Crippen LogP contribution in [-0.4, -0.2) is 12.1 Å². The monoisotopic (exact) mass is 397 g/mol. The third kappa shape index (κ3) is 4.56. The summed E-state index contributed by atoms with van der Waals surface area (Å²) in [5.41, 5.74) is 3.65. The second-order valence-corrected chi connectivity index (χ2v) is 6.38. The van der Waals surface area contributed by atoms with Gasteiger partial charge in [-0.15, -0.1) is 0 Å². The molecule has 7 heteroatoms. The molecule has 134 valence electrons. The second-order valence-electron chi connectivity index (χ2n) is 5.53. The minimum absolute atomic E-state index is 0.421. The fourth-order valence-electron chi connectivity index (χ4n) is 2.41. The molecule has 0 saturated heterocycles. The number of nitriles is 1. The Morgan fingerprint density at radius 2 is 1.93 bits per heavy atom. The van der Waals surface area contributed by atoms with Crippen molar-refractivity contribution in [3.63, 3.8) is 0 Å². The Hall–Kier alpha value is -3.07. The van der Waals surface area contributed by atoms with Crippen LogP contribution in [0.1, 0.15) is 17.2 Å². The number of nitrogens with one attached hydrogen (secondary N) is 1. The summed E-state index contributed by atoms with van der Waals surface area (Å²) in [5.74, 6) is -0.496. The predicted octanol–water partition coefficient (Wildman–Crippen LogP) is 5.01. The lowest BCUT2D eigenvalue weighted by atomic mass is 10.0. The van der Waals surface area contributed by atoms with Gasteiger partial charge in [0.2, 0.25) is 0 Å². The first-order chi connectivity index (χ1) is 13.1. The molecule has 5 nitrogen and oxygen atoms in total. The third-order valence-corrected chi connectivity index (χ3v) is 4.26. The minimum Gasteiger partial charge on any atom is -0.455 e. The van der Waals surface area contributed by atoms with E-state index >= 15 is 0 Å². The van der Waals surface area contributed by atoms with Gasteiger partial charge in [-0.2, -0.15) is 10.4 Å². The molecule has 0 aliphatic carbocycles. The van der Waals surface area contributed by atoms with Gasteiger partial charge in [0.15, 0.2) is 5.92 Å². The van der Waals surface area contributed by atoms with Gasteiger partial charge in [-0.25, -0.2) is 5.43 Å². The number of hydrogen-bond acceptors (Lipinski definition) is 4. The highest BCUT2D eigenvalue weighted by molar-refractivity contribution is 6.36. The number of hydrazone groups is 1. The number of furan rings is 1. The third-order valence-electron chi connectivity index (χ3n) is 3.71. The van der Waals surface area contributed by atoms with Gasteiger partial charge >= 0.3 is 0 Å². The molecule has 0 aliphatic heterocycles. The molecule has 0 aliphatic rings. The molecule has 0 saturated carbocycles. The first-order valence-electron chi connectivity index (χ1n) is 7.91. The fraction of sp³-hybridized carbons (Fsp3) is 0.0500. The van der Waals surface area contributed by atoms with Gasteiger partial charge in [0.05, 0.1) is 17.3 Å². The van der Waals surface area contributed by atoms with E-state index in [2.05, 4.69) is 10.5 Å². The Balaban J connectivity index is 1.68. The number of halogens is 2. The summed E-state index contributed by atoms with van der Waals surface area (Å²) in [6.07, 6.45) is 1.35. The molecule has 27 heavy (non-hydrogen) atoms.